The number of hydrogen-bond acceptors (Lipinski definition) is 5. The zero-order valence-corrected chi connectivity index (χ0v) is 11.4. The van der Waals surface area contributed by atoms with Crippen molar-refractivity contribution < 1.29 is 19.7 Å². The van der Waals surface area contributed by atoms with Gasteiger partial charge in [-0.25, -0.2) is 0 Å². The van der Waals surface area contributed by atoms with E-state index in [0.717, 1.165) is 16.9 Å². The summed E-state index contributed by atoms with van der Waals surface area (Å²) >= 11 is 0. The fourth-order valence-corrected chi connectivity index (χ4v) is 2.22. The van der Waals surface area contributed by atoms with Crippen molar-refractivity contribution in [2.75, 3.05) is 18.5 Å². The first-order valence-corrected chi connectivity index (χ1v) is 6.79. The van der Waals surface area contributed by atoms with Crippen LogP contribution in [0, 0.1) is 0 Å². The van der Waals surface area contributed by atoms with Crippen LogP contribution < -0.4 is 5.32 Å². The van der Waals surface area contributed by atoms with Gasteiger partial charge in [-0.1, -0.05) is 24.3 Å². The average Bonchev–Trinajstić information content (AvgIpc) is 3.02. The minimum absolute atomic E-state index is 0.293. The lowest BCUT2D eigenvalue weighted by atomic mass is 10.1. The molecular formula is C16H17NO4. The third-order valence-corrected chi connectivity index (χ3v) is 3.28. The van der Waals surface area contributed by atoms with Gasteiger partial charge in [0.25, 0.3) is 0 Å². The Kier molecular flexibility index (Phi) is 4.17. The van der Waals surface area contributed by atoms with Crippen molar-refractivity contribution in [2.24, 2.45) is 0 Å². The van der Waals surface area contributed by atoms with Crippen LogP contribution in [0.1, 0.15) is 23.7 Å². The molecule has 1 heterocycles. The number of nitrogens with one attached hydrogen (secondary N) is 1. The lowest BCUT2D eigenvalue weighted by Gasteiger charge is -2.12. The Morgan fingerprint density at radius 3 is 2.33 bits per heavy atom. The van der Waals surface area contributed by atoms with Gasteiger partial charge in [0.05, 0.1) is 13.2 Å². The Morgan fingerprint density at radius 2 is 1.67 bits per heavy atom. The molecule has 3 rings (SSSR count). The molecule has 0 bridgehead atoms. The second-order valence-electron chi connectivity index (χ2n) is 4.82. The molecular weight excluding hydrogens is 270 g/mol. The first kappa shape index (κ1) is 14.0. The second-order valence-corrected chi connectivity index (χ2v) is 4.82. The molecule has 0 radical (unpaired) electrons. The minimum atomic E-state index is -1.45. The predicted octanol–water partition coefficient (Wildman–Crippen LogP) is 2.46. The molecule has 1 saturated heterocycles. The van der Waals surface area contributed by atoms with Gasteiger partial charge < -0.3 is 25.0 Å². The Bertz CT molecular complexity index is 591. The molecule has 1 fully saturated rings. The van der Waals surface area contributed by atoms with E-state index < -0.39 is 6.29 Å². The lowest BCUT2D eigenvalue weighted by Crippen LogP contribution is -1.99. The highest BCUT2D eigenvalue weighted by atomic mass is 16.7. The summed E-state index contributed by atoms with van der Waals surface area (Å²) < 4.78 is 11.0. The maximum Gasteiger partial charge on any atom is 0.184 e. The molecule has 3 N–H and O–H groups in total. The third-order valence-electron chi connectivity index (χ3n) is 3.28. The van der Waals surface area contributed by atoms with Crippen LogP contribution in [-0.2, 0) is 9.47 Å². The van der Waals surface area contributed by atoms with Crippen molar-refractivity contribution in [1.82, 2.24) is 0 Å². The summed E-state index contributed by atoms with van der Waals surface area (Å²) in [6.07, 6.45) is -1.74. The molecule has 0 atom stereocenters. The van der Waals surface area contributed by atoms with Crippen molar-refractivity contribution in [3.05, 3.63) is 59.7 Å². The number of rotatable bonds is 4. The minimum Gasteiger partial charge on any atom is -0.364 e. The summed E-state index contributed by atoms with van der Waals surface area (Å²) in [5.41, 5.74) is 3.22. The zero-order valence-electron chi connectivity index (χ0n) is 11.4. The molecule has 5 nitrogen and oxygen atoms in total. The molecule has 1 aliphatic heterocycles. The third kappa shape index (κ3) is 3.40. The maximum atomic E-state index is 9.07. The van der Waals surface area contributed by atoms with Crippen LogP contribution in [0.5, 0.6) is 0 Å². The fraction of sp³-hybridized carbons (Fsp3) is 0.250. The van der Waals surface area contributed by atoms with Gasteiger partial charge >= 0.3 is 0 Å². The maximum absolute atomic E-state index is 9.07. The van der Waals surface area contributed by atoms with Gasteiger partial charge in [0, 0.05) is 22.5 Å². The van der Waals surface area contributed by atoms with E-state index in [9.17, 15) is 0 Å². The molecule has 21 heavy (non-hydrogen) atoms. The Balaban J connectivity index is 1.73. The van der Waals surface area contributed by atoms with Crippen molar-refractivity contribution in [2.45, 2.75) is 12.6 Å². The van der Waals surface area contributed by atoms with Gasteiger partial charge in [0.15, 0.2) is 12.6 Å². The van der Waals surface area contributed by atoms with E-state index in [0.29, 0.717) is 18.8 Å². The van der Waals surface area contributed by atoms with E-state index in [4.69, 9.17) is 19.7 Å². The van der Waals surface area contributed by atoms with Crippen molar-refractivity contribution >= 4 is 11.4 Å². The molecule has 0 saturated carbocycles. The van der Waals surface area contributed by atoms with Crippen molar-refractivity contribution in [3.63, 3.8) is 0 Å². The number of hydrogen-bond donors (Lipinski definition) is 3. The monoisotopic (exact) mass is 287 g/mol. The average molecular weight is 287 g/mol. The van der Waals surface area contributed by atoms with Crippen LogP contribution in [0.2, 0.25) is 0 Å². The zero-order chi connectivity index (χ0) is 14.7. The smallest absolute Gasteiger partial charge is 0.184 e. The van der Waals surface area contributed by atoms with Crippen molar-refractivity contribution in [3.8, 4) is 0 Å². The summed E-state index contributed by atoms with van der Waals surface area (Å²) in [5, 5.41) is 21.4. The molecule has 0 spiro atoms. The van der Waals surface area contributed by atoms with E-state index in [1.165, 1.54) is 0 Å². The van der Waals surface area contributed by atoms with Crippen LogP contribution in [0.15, 0.2) is 48.5 Å². The lowest BCUT2D eigenvalue weighted by molar-refractivity contribution is -0.0441. The van der Waals surface area contributed by atoms with E-state index in [1.54, 1.807) is 24.3 Å². The van der Waals surface area contributed by atoms with Gasteiger partial charge in [-0.05, 0) is 24.3 Å². The van der Waals surface area contributed by atoms with Crippen molar-refractivity contribution in [1.29, 1.82) is 0 Å². The summed E-state index contributed by atoms with van der Waals surface area (Å²) in [4.78, 5) is 0. The summed E-state index contributed by atoms with van der Waals surface area (Å²) in [6.45, 7) is 1.24. The van der Waals surface area contributed by atoms with E-state index in [-0.39, 0.29) is 6.29 Å². The molecule has 2 aromatic carbocycles. The summed E-state index contributed by atoms with van der Waals surface area (Å²) in [5.74, 6) is 0. The molecule has 2 aromatic rings. The number of anilines is 2. The number of aliphatic hydroxyl groups excluding tert-OH is 1. The SMILES string of the molecule is OC(O)c1ccc(Nc2cccc(C3OCCO3)c2)cc1. The highest BCUT2D eigenvalue weighted by molar-refractivity contribution is 5.60. The number of benzene rings is 2. The molecule has 0 unspecified atom stereocenters. The number of aliphatic hydroxyl groups is 2. The Hall–Kier alpha value is -1.92. The largest absolute Gasteiger partial charge is 0.364 e. The van der Waals surface area contributed by atoms with E-state index in [1.807, 2.05) is 24.3 Å². The van der Waals surface area contributed by atoms with Crippen LogP contribution in [-0.4, -0.2) is 23.4 Å². The van der Waals surface area contributed by atoms with Crippen LogP contribution in [0.25, 0.3) is 0 Å². The summed E-state index contributed by atoms with van der Waals surface area (Å²) in [7, 11) is 0. The molecule has 0 amide bonds. The number of ether oxygens (including phenoxy) is 2. The Morgan fingerprint density at radius 1 is 0.952 bits per heavy atom. The highest BCUT2D eigenvalue weighted by Crippen LogP contribution is 2.27. The molecule has 0 aromatic heterocycles. The van der Waals surface area contributed by atoms with Gasteiger partial charge in [-0.15, -0.1) is 0 Å². The predicted molar refractivity (Wildman–Crippen MR) is 78.0 cm³/mol. The van der Waals surface area contributed by atoms with Crippen LogP contribution >= 0.6 is 0 Å². The van der Waals surface area contributed by atoms with Gasteiger partial charge in [-0.3, -0.25) is 0 Å². The summed E-state index contributed by atoms with van der Waals surface area (Å²) in [6, 6.07) is 14.8. The van der Waals surface area contributed by atoms with Gasteiger partial charge in [0.1, 0.15) is 0 Å². The Labute approximate surface area is 122 Å². The molecule has 110 valence electrons. The van der Waals surface area contributed by atoms with Crippen LogP contribution in [0.3, 0.4) is 0 Å². The molecule has 0 aliphatic carbocycles. The van der Waals surface area contributed by atoms with E-state index in [2.05, 4.69) is 5.32 Å². The molecule has 5 heteroatoms. The quantitative estimate of drug-likeness (QED) is 0.754. The normalized spacial score (nSPS) is 15.6. The van der Waals surface area contributed by atoms with Gasteiger partial charge in [0.2, 0.25) is 0 Å². The first-order valence-electron chi connectivity index (χ1n) is 6.79. The molecule has 1 aliphatic rings. The highest BCUT2D eigenvalue weighted by Gasteiger charge is 2.18. The standard InChI is InChI=1S/C16H17NO4/c18-15(19)11-4-6-13(7-5-11)17-14-3-1-2-12(10-14)16-20-8-9-21-16/h1-7,10,15-19H,8-9H2. The van der Waals surface area contributed by atoms with Gasteiger partial charge in [-0.2, -0.15) is 0 Å². The van der Waals surface area contributed by atoms with E-state index >= 15 is 0 Å². The first-order chi connectivity index (χ1) is 10.2. The fourth-order valence-electron chi connectivity index (χ4n) is 2.22. The second kappa shape index (κ2) is 6.24. The topological polar surface area (TPSA) is 71.0 Å². The van der Waals surface area contributed by atoms with Crippen LogP contribution in [0.4, 0.5) is 11.4 Å².